The predicted octanol–water partition coefficient (Wildman–Crippen LogP) is -0.661. The lowest BCUT2D eigenvalue weighted by molar-refractivity contribution is 0.311. The minimum absolute atomic E-state index is 0.0700. The van der Waals surface area contributed by atoms with Gasteiger partial charge in [0.25, 0.3) is 0 Å². The zero-order chi connectivity index (χ0) is 8.81. The first-order valence-electron chi connectivity index (χ1n) is 3.74. The number of hydrogen-bond donors (Lipinski definition) is 3. The molecule has 0 aliphatic carbocycles. The van der Waals surface area contributed by atoms with E-state index in [0.29, 0.717) is 18.9 Å². The lowest BCUT2D eigenvalue weighted by Gasteiger charge is -2.05. The van der Waals surface area contributed by atoms with E-state index in [0.717, 1.165) is 5.56 Å². The van der Waals surface area contributed by atoms with Gasteiger partial charge in [-0.2, -0.15) is 5.10 Å². The predicted molar refractivity (Wildman–Crippen MR) is 45.5 cm³/mol. The highest BCUT2D eigenvalue weighted by Crippen LogP contribution is 2.07. The molecule has 0 amide bonds. The summed E-state index contributed by atoms with van der Waals surface area (Å²) in [5, 5.41) is 19.0. The molecule has 1 aromatic rings. The fourth-order valence-corrected chi connectivity index (χ4v) is 0.845. The van der Waals surface area contributed by atoms with Crippen LogP contribution in [0.2, 0.25) is 0 Å². The van der Waals surface area contributed by atoms with Crippen LogP contribution in [0.5, 0.6) is 0 Å². The molecule has 0 radical (unpaired) electrons. The first-order chi connectivity index (χ1) is 5.88. The zero-order valence-corrected chi connectivity index (χ0v) is 6.70. The van der Waals surface area contributed by atoms with Gasteiger partial charge < -0.3 is 16.2 Å². The molecular weight excluding hydrogens is 156 g/mol. The number of aromatic nitrogens is 2. The number of nitrogens with one attached hydrogen (secondary N) is 1. The smallest absolute Gasteiger partial charge is 0.153 e. The second-order valence-electron chi connectivity index (χ2n) is 2.26. The van der Waals surface area contributed by atoms with Crippen LogP contribution < -0.4 is 11.1 Å². The molecule has 0 bridgehead atoms. The second kappa shape index (κ2) is 4.63. The highest BCUT2D eigenvalue weighted by molar-refractivity contribution is 5.41. The number of hydrogen-bond acceptors (Lipinski definition) is 5. The average Bonchev–Trinajstić information content (AvgIpc) is 2.15. The lowest BCUT2D eigenvalue weighted by Crippen LogP contribution is -2.11. The van der Waals surface area contributed by atoms with Crippen LogP contribution in [-0.4, -0.2) is 28.5 Å². The van der Waals surface area contributed by atoms with Gasteiger partial charge in [-0.25, -0.2) is 0 Å². The first-order valence-corrected chi connectivity index (χ1v) is 3.74. The molecule has 66 valence electrons. The largest absolute Gasteiger partial charge is 0.395 e. The van der Waals surface area contributed by atoms with Crippen LogP contribution in [0.15, 0.2) is 12.3 Å². The molecule has 1 rings (SSSR count). The molecule has 0 aliphatic rings. The normalized spacial score (nSPS) is 9.83. The summed E-state index contributed by atoms with van der Waals surface area (Å²) in [5.74, 6) is 0.647. The number of nitrogens with two attached hydrogens (primary N) is 1. The Balaban J connectivity index is 2.68. The Labute approximate surface area is 70.6 Å². The fourth-order valence-electron chi connectivity index (χ4n) is 0.845. The summed E-state index contributed by atoms with van der Waals surface area (Å²) in [4.78, 5) is 0. The summed E-state index contributed by atoms with van der Waals surface area (Å²) in [6.45, 7) is 0.954. The summed E-state index contributed by atoms with van der Waals surface area (Å²) >= 11 is 0. The molecule has 0 atom stereocenters. The van der Waals surface area contributed by atoms with E-state index in [2.05, 4.69) is 15.5 Å². The van der Waals surface area contributed by atoms with E-state index >= 15 is 0 Å². The Morgan fingerprint density at radius 1 is 1.58 bits per heavy atom. The molecule has 0 saturated carbocycles. The van der Waals surface area contributed by atoms with Crippen molar-refractivity contribution in [3.8, 4) is 0 Å². The van der Waals surface area contributed by atoms with Crippen molar-refractivity contribution in [1.82, 2.24) is 10.2 Å². The second-order valence-corrected chi connectivity index (χ2v) is 2.26. The van der Waals surface area contributed by atoms with Gasteiger partial charge >= 0.3 is 0 Å². The highest BCUT2D eigenvalue weighted by atomic mass is 16.3. The van der Waals surface area contributed by atoms with Gasteiger partial charge in [-0.15, -0.1) is 5.10 Å². The number of aliphatic hydroxyl groups excluding tert-OH is 1. The van der Waals surface area contributed by atoms with Crippen LogP contribution in [0.3, 0.4) is 0 Å². The topological polar surface area (TPSA) is 84.1 Å². The van der Waals surface area contributed by atoms with Crippen LogP contribution in [0.4, 0.5) is 5.82 Å². The van der Waals surface area contributed by atoms with E-state index < -0.39 is 0 Å². The van der Waals surface area contributed by atoms with Crippen molar-refractivity contribution in [3.05, 3.63) is 17.8 Å². The summed E-state index contributed by atoms with van der Waals surface area (Å²) in [6, 6.07) is 1.80. The van der Waals surface area contributed by atoms with Crippen molar-refractivity contribution >= 4 is 5.82 Å². The Bertz CT molecular complexity index is 241. The Morgan fingerprint density at radius 3 is 3.08 bits per heavy atom. The molecule has 1 aromatic heterocycles. The van der Waals surface area contributed by atoms with Crippen molar-refractivity contribution in [1.29, 1.82) is 0 Å². The Hall–Kier alpha value is -1.20. The highest BCUT2D eigenvalue weighted by Gasteiger charge is 1.99. The van der Waals surface area contributed by atoms with Crippen molar-refractivity contribution in [2.24, 2.45) is 5.73 Å². The van der Waals surface area contributed by atoms with E-state index in [-0.39, 0.29) is 6.61 Å². The fraction of sp³-hybridized carbons (Fsp3) is 0.429. The van der Waals surface area contributed by atoms with Gasteiger partial charge in [0.2, 0.25) is 0 Å². The number of nitrogens with zero attached hydrogens (tertiary/aromatic N) is 2. The SMILES string of the molecule is NCc1ccnnc1NCCO. The van der Waals surface area contributed by atoms with Crippen molar-refractivity contribution < 1.29 is 5.11 Å². The van der Waals surface area contributed by atoms with Crippen molar-refractivity contribution in [3.63, 3.8) is 0 Å². The number of anilines is 1. The molecule has 0 saturated heterocycles. The van der Waals surface area contributed by atoms with Crippen LogP contribution in [0.25, 0.3) is 0 Å². The average molecular weight is 168 g/mol. The third-order valence-corrected chi connectivity index (χ3v) is 1.43. The quantitative estimate of drug-likeness (QED) is 0.555. The molecule has 0 spiro atoms. The standard InChI is InChI=1S/C7H12N4O/c8-5-6-1-2-10-11-7(6)9-3-4-12/h1-2,12H,3-5,8H2,(H,9,11). The molecule has 4 N–H and O–H groups in total. The van der Waals surface area contributed by atoms with Gasteiger partial charge in [0.1, 0.15) is 0 Å². The lowest BCUT2D eigenvalue weighted by atomic mass is 10.3. The van der Waals surface area contributed by atoms with Crippen LogP contribution >= 0.6 is 0 Å². The maximum absolute atomic E-state index is 8.55. The Kier molecular flexibility index (Phi) is 3.43. The monoisotopic (exact) mass is 168 g/mol. The third kappa shape index (κ3) is 2.14. The van der Waals surface area contributed by atoms with E-state index in [4.69, 9.17) is 10.8 Å². The number of rotatable bonds is 4. The molecule has 0 fully saturated rings. The van der Waals surface area contributed by atoms with Crippen molar-refractivity contribution in [2.45, 2.75) is 6.54 Å². The minimum Gasteiger partial charge on any atom is -0.395 e. The number of aliphatic hydroxyl groups is 1. The van der Waals surface area contributed by atoms with E-state index in [1.807, 2.05) is 0 Å². The van der Waals surface area contributed by atoms with Gasteiger partial charge in [0.15, 0.2) is 5.82 Å². The third-order valence-electron chi connectivity index (χ3n) is 1.43. The maximum Gasteiger partial charge on any atom is 0.153 e. The van der Waals surface area contributed by atoms with Crippen molar-refractivity contribution in [2.75, 3.05) is 18.5 Å². The molecule has 5 heteroatoms. The summed E-state index contributed by atoms with van der Waals surface area (Å²) in [7, 11) is 0. The molecule has 1 heterocycles. The summed E-state index contributed by atoms with van der Waals surface area (Å²) in [6.07, 6.45) is 1.59. The molecule has 12 heavy (non-hydrogen) atoms. The molecule has 5 nitrogen and oxygen atoms in total. The molecule has 0 aliphatic heterocycles. The minimum atomic E-state index is 0.0700. The zero-order valence-electron chi connectivity index (χ0n) is 6.70. The van der Waals surface area contributed by atoms with E-state index in [9.17, 15) is 0 Å². The van der Waals surface area contributed by atoms with Gasteiger partial charge in [-0.1, -0.05) is 0 Å². The van der Waals surface area contributed by atoms with Crippen LogP contribution in [0, 0.1) is 0 Å². The van der Waals surface area contributed by atoms with Gasteiger partial charge in [0, 0.05) is 18.7 Å². The summed E-state index contributed by atoms with van der Waals surface area (Å²) < 4.78 is 0. The Morgan fingerprint density at radius 2 is 2.42 bits per heavy atom. The van der Waals surface area contributed by atoms with E-state index in [1.54, 1.807) is 12.3 Å². The molecular formula is C7H12N4O. The molecule has 0 unspecified atom stereocenters. The summed E-state index contributed by atoms with van der Waals surface area (Å²) in [5.41, 5.74) is 6.35. The molecule has 0 aromatic carbocycles. The van der Waals surface area contributed by atoms with Gasteiger partial charge in [-0.05, 0) is 6.07 Å². The van der Waals surface area contributed by atoms with E-state index in [1.165, 1.54) is 0 Å². The van der Waals surface area contributed by atoms with Gasteiger partial charge in [-0.3, -0.25) is 0 Å². The van der Waals surface area contributed by atoms with Crippen LogP contribution in [0.1, 0.15) is 5.56 Å². The van der Waals surface area contributed by atoms with Gasteiger partial charge in [0.05, 0.1) is 12.8 Å². The first kappa shape index (κ1) is 8.89. The maximum atomic E-state index is 8.55. The van der Waals surface area contributed by atoms with Crippen LogP contribution in [-0.2, 0) is 6.54 Å².